The summed E-state index contributed by atoms with van der Waals surface area (Å²) in [6, 6.07) is 3.33. The van der Waals surface area contributed by atoms with E-state index >= 15 is 0 Å². The Bertz CT molecular complexity index is 410. The molecule has 0 saturated heterocycles. The van der Waals surface area contributed by atoms with Gasteiger partial charge in [-0.2, -0.15) is 0 Å². The molecule has 2 nitrogen and oxygen atoms in total. The lowest BCUT2D eigenvalue weighted by Gasteiger charge is -2.09. The molecule has 0 N–H and O–H groups in total. The summed E-state index contributed by atoms with van der Waals surface area (Å²) in [7, 11) is 6.64. The van der Waals surface area contributed by atoms with Gasteiger partial charge >= 0.3 is 5.97 Å². The first kappa shape index (κ1) is 15.0. The number of benzene rings is 1. The van der Waals surface area contributed by atoms with Gasteiger partial charge in [-0.25, -0.2) is 0 Å². The topological polar surface area (TPSA) is 26.3 Å². The highest BCUT2D eigenvalue weighted by Gasteiger charge is 2.10. The Morgan fingerprint density at radius 3 is 2.71 bits per heavy atom. The molecule has 1 aromatic carbocycles. The van der Waals surface area contributed by atoms with Crippen molar-refractivity contribution in [3.8, 4) is 0 Å². The summed E-state index contributed by atoms with van der Waals surface area (Å²) < 4.78 is 5.07. The number of halogens is 3. The third kappa shape index (κ3) is 4.59. The number of rotatable bonds is 5. The van der Waals surface area contributed by atoms with Crippen molar-refractivity contribution in [3.63, 3.8) is 0 Å². The molecule has 1 aromatic rings. The molecular formula is C11H11Cl3O2S. The van der Waals surface area contributed by atoms with Gasteiger partial charge in [-0.15, -0.1) is 0 Å². The van der Waals surface area contributed by atoms with Gasteiger partial charge in [0.2, 0.25) is 0 Å². The van der Waals surface area contributed by atoms with Crippen molar-refractivity contribution in [2.75, 3.05) is 0 Å². The average molecular weight is 314 g/mol. The van der Waals surface area contributed by atoms with Gasteiger partial charge < -0.3 is 4.74 Å². The van der Waals surface area contributed by atoms with Crippen molar-refractivity contribution in [2.24, 2.45) is 0 Å². The predicted octanol–water partition coefficient (Wildman–Crippen LogP) is 5.08. The standard InChI is InChI=1S/C11H11Cl3O2S/c1-2-3-10(15)16-6-7-4-8(12)5-9(17-14)11(7)13/h4-5H,2-3,6H2,1H3. The van der Waals surface area contributed by atoms with Crippen molar-refractivity contribution in [2.45, 2.75) is 31.3 Å². The van der Waals surface area contributed by atoms with Crippen LogP contribution in [-0.2, 0) is 16.1 Å². The smallest absolute Gasteiger partial charge is 0.306 e. The van der Waals surface area contributed by atoms with E-state index in [0.717, 1.165) is 17.4 Å². The largest absolute Gasteiger partial charge is 0.461 e. The van der Waals surface area contributed by atoms with Crippen LogP contribution in [0, 0.1) is 0 Å². The summed E-state index contributed by atoms with van der Waals surface area (Å²) in [5, 5.41) is 0.984. The average Bonchev–Trinajstić information content (AvgIpc) is 2.30. The summed E-state index contributed by atoms with van der Waals surface area (Å²) in [6.45, 7) is 2.03. The van der Waals surface area contributed by atoms with E-state index in [-0.39, 0.29) is 12.6 Å². The second kappa shape index (κ2) is 7.37. The minimum absolute atomic E-state index is 0.114. The van der Waals surface area contributed by atoms with Crippen LogP contribution in [0.3, 0.4) is 0 Å². The Balaban J connectivity index is 2.77. The van der Waals surface area contributed by atoms with Crippen LogP contribution in [0.5, 0.6) is 0 Å². The number of carbonyl (C=O) groups is 1. The molecule has 0 atom stereocenters. The zero-order chi connectivity index (χ0) is 12.8. The molecule has 0 saturated carbocycles. The molecule has 17 heavy (non-hydrogen) atoms. The third-order valence-corrected chi connectivity index (χ3v) is 3.77. The van der Waals surface area contributed by atoms with Crippen molar-refractivity contribution in [3.05, 3.63) is 27.7 Å². The maximum atomic E-state index is 11.2. The van der Waals surface area contributed by atoms with E-state index in [9.17, 15) is 4.79 Å². The summed E-state index contributed by atoms with van der Waals surface area (Å²) in [4.78, 5) is 11.9. The van der Waals surface area contributed by atoms with E-state index in [1.807, 2.05) is 6.92 Å². The molecule has 0 aromatic heterocycles. The first-order valence-electron chi connectivity index (χ1n) is 5.00. The van der Waals surface area contributed by atoms with Crippen molar-refractivity contribution in [1.82, 2.24) is 0 Å². The minimum Gasteiger partial charge on any atom is -0.461 e. The highest BCUT2D eigenvalue weighted by Crippen LogP contribution is 2.35. The molecular weight excluding hydrogens is 303 g/mol. The Morgan fingerprint density at radius 2 is 2.12 bits per heavy atom. The van der Waals surface area contributed by atoms with Crippen LogP contribution in [0.2, 0.25) is 10.0 Å². The molecule has 0 aliphatic rings. The van der Waals surface area contributed by atoms with E-state index in [1.54, 1.807) is 12.1 Å². The molecule has 0 amide bonds. The quantitative estimate of drug-likeness (QED) is 0.709. The second-order valence-corrected chi connectivity index (χ2v) is 5.24. The maximum Gasteiger partial charge on any atom is 0.306 e. The van der Waals surface area contributed by atoms with Gasteiger partial charge in [0.05, 0.1) is 5.02 Å². The van der Waals surface area contributed by atoms with Crippen LogP contribution in [0.25, 0.3) is 0 Å². The van der Waals surface area contributed by atoms with Crippen LogP contribution >= 0.6 is 44.9 Å². The normalized spacial score (nSPS) is 10.4. The number of esters is 1. The molecule has 0 fully saturated rings. The number of ether oxygens (including phenoxy) is 1. The Morgan fingerprint density at radius 1 is 1.41 bits per heavy atom. The number of hydrogen-bond donors (Lipinski definition) is 0. The zero-order valence-electron chi connectivity index (χ0n) is 9.13. The van der Waals surface area contributed by atoms with E-state index in [4.69, 9.17) is 38.6 Å². The Labute approximate surface area is 119 Å². The second-order valence-electron chi connectivity index (χ2n) is 3.36. The summed E-state index contributed by atoms with van der Waals surface area (Å²) in [5.41, 5.74) is 0.659. The van der Waals surface area contributed by atoms with Crippen molar-refractivity contribution in [1.29, 1.82) is 0 Å². The monoisotopic (exact) mass is 312 g/mol. The van der Waals surface area contributed by atoms with Gasteiger partial charge in [0.1, 0.15) is 6.61 Å². The lowest BCUT2D eigenvalue weighted by atomic mass is 10.2. The van der Waals surface area contributed by atoms with Gasteiger partial charge in [0, 0.05) is 21.9 Å². The van der Waals surface area contributed by atoms with Crippen LogP contribution in [0.1, 0.15) is 25.3 Å². The van der Waals surface area contributed by atoms with Gasteiger partial charge in [0.25, 0.3) is 0 Å². The van der Waals surface area contributed by atoms with E-state index in [2.05, 4.69) is 0 Å². The van der Waals surface area contributed by atoms with Crippen molar-refractivity contribution < 1.29 is 9.53 Å². The van der Waals surface area contributed by atoms with Crippen LogP contribution in [0.4, 0.5) is 0 Å². The van der Waals surface area contributed by atoms with Gasteiger partial charge in [-0.1, -0.05) is 30.1 Å². The third-order valence-electron chi connectivity index (χ3n) is 2.01. The molecule has 0 heterocycles. The summed E-state index contributed by atoms with van der Waals surface area (Å²) in [5.74, 6) is -0.247. The molecule has 94 valence electrons. The number of carbonyl (C=O) groups excluding carboxylic acids is 1. The number of hydrogen-bond acceptors (Lipinski definition) is 3. The van der Waals surface area contributed by atoms with Crippen molar-refractivity contribution >= 4 is 50.8 Å². The molecule has 0 aliphatic heterocycles. The first-order chi connectivity index (χ1) is 8.08. The summed E-state index contributed by atoms with van der Waals surface area (Å²) >= 11 is 12.0. The van der Waals surface area contributed by atoms with Gasteiger partial charge in [0.15, 0.2) is 0 Å². The van der Waals surface area contributed by atoms with Gasteiger partial charge in [-0.3, -0.25) is 4.79 Å². The molecule has 0 radical (unpaired) electrons. The Hall–Kier alpha value is -0.0900. The maximum absolute atomic E-state index is 11.2. The fourth-order valence-corrected chi connectivity index (χ4v) is 2.65. The summed E-state index contributed by atoms with van der Waals surface area (Å²) in [6.07, 6.45) is 1.15. The van der Waals surface area contributed by atoms with E-state index in [0.29, 0.717) is 26.9 Å². The first-order valence-corrected chi connectivity index (χ1v) is 7.40. The van der Waals surface area contributed by atoms with Gasteiger partial charge in [-0.05, 0) is 40.2 Å². The molecule has 1 rings (SSSR count). The molecule has 0 aliphatic carbocycles. The van der Waals surface area contributed by atoms with Crippen LogP contribution < -0.4 is 0 Å². The zero-order valence-corrected chi connectivity index (χ0v) is 12.2. The highest BCUT2D eigenvalue weighted by atomic mass is 35.7. The molecule has 6 heteroatoms. The fourth-order valence-electron chi connectivity index (χ4n) is 1.21. The lowest BCUT2D eigenvalue weighted by molar-refractivity contribution is -0.144. The van der Waals surface area contributed by atoms with E-state index in [1.165, 1.54) is 0 Å². The molecule has 0 bridgehead atoms. The predicted molar refractivity (Wildman–Crippen MR) is 72.9 cm³/mol. The fraction of sp³-hybridized carbons (Fsp3) is 0.364. The van der Waals surface area contributed by atoms with E-state index < -0.39 is 0 Å². The molecule has 0 unspecified atom stereocenters. The minimum atomic E-state index is -0.247. The SMILES string of the molecule is CCCC(=O)OCc1cc(Cl)cc(SCl)c1Cl. The molecule has 0 spiro atoms. The lowest BCUT2D eigenvalue weighted by Crippen LogP contribution is -2.04. The van der Waals surface area contributed by atoms with Crippen LogP contribution in [0.15, 0.2) is 17.0 Å². The highest BCUT2D eigenvalue weighted by molar-refractivity contribution is 8.21. The Kier molecular flexibility index (Phi) is 6.49. The van der Waals surface area contributed by atoms with Crippen LogP contribution in [-0.4, -0.2) is 5.97 Å².